The van der Waals surface area contributed by atoms with E-state index in [2.05, 4.69) is 5.16 Å². The topological polar surface area (TPSA) is 62.2 Å². The molecule has 1 aliphatic carbocycles. The molecule has 0 radical (unpaired) electrons. The van der Waals surface area contributed by atoms with E-state index in [0.29, 0.717) is 12.8 Å². The van der Waals surface area contributed by atoms with E-state index in [-0.39, 0.29) is 18.7 Å². The molecule has 4 rings (SSSR count). The first-order valence-corrected chi connectivity index (χ1v) is 6.54. The van der Waals surface area contributed by atoms with Crippen LogP contribution in [0.4, 0.5) is 8.78 Å². The van der Waals surface area contributed by atoms with Crippen LogP contribution in [0.15, 0.2) is 5.16 Å². The lowest BCUT2D eigenvalue weighted by molar-refractivity contribution is -0.169. The molecule has 3 aliphatic heterocycles. The van der Waals surface area contributed by atoms with Gasteiger partial charge in [-0.2, -0.15) is 0 Å². The summed E-state index contributed by atoms with van der Waals surface area (Å²) < 4.78 is 25.2. The van der Waals surface area contributed by atoms with E-state index in [1.807, 2.05) is 0 Å². The monoisotopic (exact) mass is 287 g/mol. The van der Waals surface area contributed by atoms with Crippen molar-refractivity contribution < 1.29 is 23.2 Å². The number of oxime groups is 1. The first-order valence-electron chi connectivity index (χ1n) is 6.54. The molecule has 2 atom stereocenters. The summed E-state index contributed by atoms with van der Waals surface area (Å²) in [5.74, 6) is -3.24. The zero-order chi connectivity index (χ0) is 14.3. The summed E-state index contributed by atoms with van der Waals surface area (Å²) >= 11 is 0. The van der Waals surface area contributed by atoms with Crippen molar-refractivity contribution in [2.24, 2.45) is 5.16 Å². The maximum Gasteiger partial charge on any atom is 0.282 e. The van der Waals surface area contributed by atoms with Crippen LogP contribution >= 0.6 is 0 Å². The number of rotatable bonds is 4. The molecular formula is C12H15F2N3O3. The van der Waals surface area contributed by atoms with Crippen LogP contribution in [0.5, 0.6) is 0 Å². The Morgan fingerprint density at radius 1 is 1.40 bits per heavy atom. The van der Waals surface area contributed by atoms with E-state index >= 15 is 0 Å². The van der Waals surface area contributed by atoms with Gasteiger partial charge in [-0.1, -0.05) is 5.16 Å². The van der Waals surface area contributed by atoms with Crippen molar-refractivity contribution in [1.82, 2.24) is 9.80 Å². The highest BCUT2D eigenvalue weighted by molar-refractivity contribution is 5.88. The highest BCUT2D eigenvalue weighted by Crippen LogP contribution is 2.35. The zero-order valence-corrected chi connectivity index (χ0v) is 10.8. The van der Waals surface area contributed by atoms with Gasteiger partial charge in [0.1, 0.15) is 0 Å². The van der Waals surface area contributed by atoms with E-state index in [1.165, 1.54) is 0 Å². The first kappa shape index (κ1) is 13.3. The minimum absolute atomic E-state index is 0.193. The van der Waals surface area contributed by atoms with Crippen LogP contribution in [0, 0.1) is 0 Å². The predicted octanol–water partition coefficient (Wildman–Crippen LogP) is 0.230. The van der Waals surface area contributed by atoms with Crippen LogP contribution in [0.2, 0.25) is 0 Å². The fraction of sp³-hybridized carbons (Fsp3) is 0.750. The summed E-state index contributed by atoms with van der Waals surface area (Å²) in [5, 5.41) is 3.89. The van der Waals surface area contributed by atoms with Crippen LogP contribution in [0.1, 0.15) is 19.3 Å². The molecule has 3 heterocycles. The second kappa shape index (κ2) is 4.68. The van der Waals surface area contributed by atoms with E-state index < -0.39 is 24.9 Å². The fourth-order valence-corrected chi connectivity index (χ4v) is 2.93. The lowest BCUT2D eigenvalue weighted by atomic mass is 9.79. The predicted molar refractivity (Wildman–Crippen MR) is 64.2 cm³/mol. The standard InChI is InChI=1S/C12H15F2N3O3/c13-12(14)5-16(6-12)11(19)4-20-15-8-1-9-3-10(2-8)17(9)7-18/h7,9-10H,1-6H2/t9-,10+. The molecule has 0 aromatic rings. The van der Waals surface area contributed by atoms with Gasteiger partial charge >= 0.3 is 0 Å². The minimum Gasteiger partial charge on any atom is -0.386 e. The minimum atomic E-state index is -2.76. The van der Waals surface area contributed by atoms with Gasteiger partial charge in [-0.05, 0) is 6.42 Å². The number of likely N-dealkylation sites (tertiary alicyclic amines) is 1. The van der Waals surface area contributed by atoms with Crippen molar-refractivity contribution in [3.63, 3.8) is 0 Å². The first-order chi connectivity index (χ1) is 9.48. The molecule has 0 aromatic heterocycles. The SMILES string of the molecule is O=CN1[C@@H]2CC(=NOCC(=O)N3CC(F)(F)C3)C[C@H]1C2. The Bertz CT molecular complexity index is 447. The molecule has 3 saturated heterocycles. The molecule has 6 nitrogen and oxygen atoms in total. The molecule has 0 spiro atoms. The number of hydrogen-bond acceptors (Lipinski definition) is 4. The van der Waals surface area contributed by atoms with Crippen molar-refractivity contribution >= 4 is 18.0 Å². The van der Waals surface area contributed by atoms with Crippen LogP contribution in [0.3, 0.4) is 0 Å². The van der Waals surface area contributed by atoms with Crippen molar-refractivity contribution in [1.29, 1.82) is 0 Å². The average Bonchev–Trinajstić information content (AvgIpc) is 2.36. The summed E-state index contributed by atoms with van der Waals surface area (Å²) in [4.78, 5) is 30.0. The Hall–Kier alpha value is -1.73. The van der Waals surface area contributed by atoms with Crippen LogP contribution in [-0.2, 0) is 14.4 Å². The van der Waals surface area contributed by atoms with Gasteiger partial charge in [0.25, 0.3) is 11.8 Å². The van der Waals surface area contributed by atoms with Crippen molar-refractivity contribution in [3.05, 3.63) is 0 Å². The van der Waals surface area contributed by atoms with E-state index in [4.69, 9.17) is 4.84 Å². The molecule has 8 heteroatoms. The van der Waals surface area contributed by atoms with E-state index in [0.717, 1.165) is 23.4 Å². The molecule has 4 aliphatic rings. The Labute approximate surface area is 114 Å². The number of nitrogens with zero attached hydrogens (tertiary/aromatic N) is 3. The van der Waals surface area contributed by atoms with E-state index in [9.17, 15) is 18.4 Å². The third-order valence-corrected chi connectivity index (χ3v) is 4.03. The molecule has 1 saturated carbocycles. The second-order valence-electron chi connectivity index (χ2n) is 5.54. The van der Waals surface area contributed by atoms with Crippen LogP contribution in [0.25, 0.3) is 0 Å². The Balaban J connectivity index is 1.41. The third-order valence-electron chi connectivity index (χ3n) is 4.03. The van der Waals surface area contributed by atoms with Gasteiger partial charge in [0.05, 0.1) is 18.8 Å². The fourth-order valence-electron chi connectivity index (χ4n) is 2.93. The molecule has 0 N–H and O–H groups in total. The lowest BCUT2D eigenvalue weighted by Crippen LogP contribution is -2.60. The van der Waals surface area contributed by atoms with Crippen molar-refractivity contribution in [2.45, 2.75) is 37.3 Å². The van der Waals surface area contributed by atoms with Gasteiger partial charge in [-0.15, -0.1) is 0 Å². The maximum atomic E-state index is 12.6. The van der Waals surface area contributed by atoms with E-state index in [1.54, 1.807) is 4.90 Å². The molecule has 20 heavy (non-hydrogen) atoms. The Morgan fingerprint density at radius 2 is 2.05 bits per heavy atom. The number of amides is 2. The molecule has 0 unspecified atom stereocenters. The average molecular weight is 287 g/mol. The highest BCUT2D eigenvalue weighted by atomic mass is 19.3. The van der Waals surface area contributed by atoms with Gasteiger partial charge in [0, 0.05) is 24.9 Å². The summed E-state index contributed by atoms with van der Waals surface area (Å²) in [5.41, 5.74) is 0.825. The van der Waals surface area contributed by atoms with Gasteiger partial charge in [-0.25, -0.2) is 8.78 Å². The van der Waals surface area contributed by atoms with Crippen molar-refractivity contribution in [3.8, 4) is 0 Å². The molecule has 0 aromatic carbocycles. The van der Waals surface area contributed by atoms with Crippen LogP contribution < -0.4 is 0 Å². The number of alkyl halides is 2. The summed E-state index contributed by atoms with van der Waals surface area (Å²) in [6.07, 6.45) is 3.15. The second-order valence-corrected chi connectivity index (χ2v) is 5.54. The normalized spacial score (nSPS) is 32.4. The van der Waals surface area contributed by atoms with Crippen LogP contribution in [-0.4, -0.2) is 65.5 Å². The number of fused-ring (bicyclic) bond motifs is 2. The maximum absolute atomic E-state index is 12.6. The quantitative estimate of drug-likeness (QED) is 0.549. The van der Waals surface area contributed by atoms with Gasteiger partial charge in [-0.3, -0.25) is 9.59 Å². The third kappa shape index (κ3) is 2.34. The number of halogens is 2. The Kier molecular flexibility index (Phi) is 3.10. The summed E-state index contributed by atoms with van der Waals surface area (Å²) in [6.45, 7) is -1.39. The van der Waals surface area contributed by atoms with Gasteiger partial charge in [0.2, 0.25) is 6.41 Å². The number of carbonyl (C=O) groups excluding carboxylic acids is 2. The lowest BCUT2D eigenvalue weighted by Gasteiger charge is -2.50. The largest absolute Gasteiger partial charge is 0.386 e. The molecule has 2 bridgehead atoms. The number of hydrogen-bond donors (Lipinski definition) is 0. The molecule has 110 valence electrons. The number of piperidine rings is 1. The smallest absolute Gasteiger partial charge is 0.282 e. The zero-order valence-electron chi connectivity index (χ0n) is 10.8. The Morgan fingerprint density at radius 3 is 2.60 bits per heavy atom. The molecular weight excluding hydrogens is 272 g/mol. The molecule has 2 amide bonds. The van der Waals surface area contributed by atoms with Gasteiger partial charge in [0.15, 0.2) is 6.61 Å². The summed E-state index contributed by atoms with van der Waals surface area (Å²) in [7, 11) is 0. The van der Waals surface area contributed by atoms with Crippen molar-refractivity contribution in [2.75, 3.05) is 19.7 Å². The highest BCUT2D eigenvalue weighted by Gasteiger charge is 2.46. The van der Waals surface area contributed by atoms with Gasteiger partial charge < -0.3 is 14.6 Å². The summed E-state index contributed by atoms with van der Waals surface area (Å²) in [6, 6.07) is 0.386. The number of carbonyl (C=O) groups is 2. The molecule has 4 fully saturated rings.